The van der Waals surface area contributed by atoms with E-state index in [0.717, 1.165) is 17.7 Å². The van der Waals surface area contributed by atoms with Crippen LogP contribution in [0.3, 0.4) is 0 Å². The number of hydrogen-bond acceptors (Lipinski definition) is 1. The first-order valence-corrected chi connectivity index (χ1v) is 8.94. The smallest absolute Gasteiger partial charge is 0.426 e. The summed E-state index contributed by atoms with van der Waals surface area (Å²) in [6.07, 6.45) is -8.28. The van der Waals surface area contributed by atoms with Gasteiger partial charge in [-0.2, -0.15) is 22.0 Å². The maximum Gasteiger partial charge on any atom is 0.426 e. The van der Waals surface area contributed by atoms with Crippen molar-refractivity contribution in [3.05, 3.63) is 95.1 Å². The van der Waals surface area contributed by atoms with Crippen molar-refractivity contribution in [1.82, 2.24) is 0 Å². The largest absolute Gasteiger partial charge is 0.429 e. The minimum absolute atomic E-state index is 0.0241. The molecule has 1 nitrogen and oxygen atoms in total. The molecule has 0 N–H and O–H groups in total. The lowest BCUT2D eigenvalue weighted by molar-refractivity contribution is -0.185. The highest BCUT2D eigenvalue weighted by Crippen LogP contribution is 2.33. The summed E-state index contributed by atoms with van der Waals surface area (Å²) < 4.78 is 98.3. The van der Waals surface area contributed by atoms with Gasteiger partial charge in [0.25, 0.3) is 0 Å². The van der Waals surface area contributed by atoms with Gasteiger partial charge in [0.1, 0.15) is 17.4 Å². The molecule has 0 bridgehead atoms. The molecule has 0 spiro atoms. The van der Waals surface area contributed by atoms with Gasteiger partial charge in [0, 0.05) is 11.6 Å². The molecule has 0 aliphatic carbocycles. The second-order valence-corrected chi connectivity index (χ2v) is 6.74. The maximum atomic E-state index is 14.3. The van der Waals surface area contributed by atoms with Crippen LogP contribution in [0.25, 0.3) is 17.2 Å². The Morgan fingerprint density at radius 1 is 0.742 bits per heavy atom. The number of ether oxygens (including phenoxy) is 1. The molecule has 0 unspecified atom stereocenters. The highest BCUT2D eigenvalue weighted by Gasteiger charge is 2.34. The summed E-state index contributed by atoms with van der Waals surface area (Å²) in [4.78, 5) is 0. The SMILES string of the molecule is Cc1ccc(C(F)(F)Oc2ccc(-c3cc(F)c(/C=C/C(F)(F)F)c(F)c3)cc2)cc1. The predicted molar refractivity (Wildman–Crippen MR) is 103 cm³/mol. The molecule has 31 heavy (non-hydrogen) atoms. The van der Waals surface area contributed by atoms with Crippen LogP contribution in [0.2, 0.25) is 0 Å². The minimum atomic E-state index is -4.71. The molecule has 0 atom stereocenters. The van der Waals surface area contributed by atoms with E-state index in [4.69, 9.17) is 4.74 Å². The van der Waals surface area contributed by atoms with E-state index in [1.54, 1.807) is 6.92 Å². The third-order valence-electron chi connectivity index (χ3n) is 4.34. The van der Waals surface area contributed by atoms with Gasteiger partial charge in [-0.1, -0.05) is 29.8 Å². The molecule has 0 aliphatic rings. The topological polar surface area (TPSA) is 9.23 Å². The summed E-state index contributed by atoms with van der Waals surface area (Å²) in [6, 6.07) is 12.2. The molecule has 3 rings (SSSR count). The van der Waals surface area contributed by atoms with Crippen LogP contribution in [0.15, 0.2) is 66.7 Å². The Hall–Kier alpha value is -3.29. The Kier molecular flexibility index (Phi) is 6.10. The lowest BCUT2D eigenvalue weighted by atomic mass is 10.0. The van der Waals surface area contributed by atoms with Gasteiger partial charge >= 0.3 is 12.3 Å². The van der Waals surface area contributed by atoms with Crippen LogP contribution >= 0.6 is 0 Å². The van der Waals surface area contributed by atoms with E-state index in [-0.39, 0.29) is 28.5 Å². The number of benzene rings is 3. The van der Waals surface area contributed by atoms with Gasteiger partial charge in [0.2, 0.25) is 0 Å². The summed E-state index contributed by atoms with van der Waals surface area (Å²) in [5.41, 5.74) is -0.0815. The average Bonchev–Trinajstić information content (AvgIpc) is 2.67. The first-order valence-electron chi connectivity index (χ1n) is 8.94. The lowest BCUT2D eigenvalue weighted by Crippen LogP contribution is -2.21. The van der Waals surface area contributed by atoms with E-state index in [0.29, 0.717) is 6.08 Å². The summed E-state index contributed by atoms with van der Waals surface area (Å²) in [5.74, 6) is -2.57. The third kappa shape index (κ3) is 5.65. The van der Waals surface area contributed by atoms with Gasteiger partial charge in [-0.05, 0) is 60.5 Å². The Morgan fingerprint density at radius 3 is 1.81 bits per heavy atom. The summed E-state index contributed by atoms with van der Waals surface area (Å²) >= 11 is 0. The number of rotatable bonds is 5. The summed E-state index contributed by atoms with van der Waals surface area (Å²) in [7, 11) is 0. The van der Waals surface area contributed by atoms with Crippen LogP contribution < -0.4 is 4.74 Å². The zero-order valence-corrected chi connectivity index (χ0v) is 16.0. The van der Waals surface area contributed by atoms with Gasteiger partial charge in [-0.3, -0.25) is 0 Å². The Labute approximate surface area is 173 Å². The number of hydrogen-bond donors (Lipinski definition) is 0. The van der Waals surface area contributed by atoms with E-state index in [1.807, 2.05) is 0 Å². The third-order valence-corrected chi connectivity index (χ3v) is 4.34. The fraction of sp³-hybridized carbons (Fsp3) is 0.130. The second kappa shape index (κ2) is 8.45. The fourth-order valence-electron chi connectivity index (χ4n) is 2.76. The Morgan fingerprint density at radius 2 is 1.29 bits per heavy atom. The first-order chi connectivity index (χ1) is 14.4. The highest BCUT2D eigenvalue weighted by atomic mass is 19.4. The molecular weight excluding hydrogens is 425 g/mol. The quantitative estimate of drug-likeness (QED) is 0.371. The molecule has 0 aromatic heterocycles. The van der Waals surface area contributed by atoms with Gasteiger partial charge < -0.3 is 4.74 Å². The van der Waals surface area contributed by atoms with Crippen molar-refractivity contribution >= 4 is 6.08 Å². The fourth-order valence-corrected chi connectivity index (χ4v) is 2.76. The number of allylic oxidation sites excluding steroid dienone is 1. The van der Waals surface area contributed by atoms with Crippen molar-refractivity contribution in [2.45, 2.75) is 19.2 Å². The van der Waals surface area contributed by atoms with Gasteiger partial charge in [-0.25, -0.2) is 8.78 Å². The van der Waals surface area contributed by atoms with Gasteiger partial charge in [-0.15, -0.1) is 0 Å². The van der Waals surface area contributed by atoms with E-state index in [1.165, 1.54) is 48.5 Å². The molecule has 0 radical (unpaired) electrons. The molecule has 0 saturated carbocycles. The Bertz CT molecular complexity index is 1060. The first kappa shape index (κ1) is 22.4. The molecule has 0 heterocycles. The molecule has 8 heteroatoms. The van der Waals surface area contributed by atoms with E-state index < -0.39 is 29.5 Å². The zero-order valence-electron chi connectivity index (χ0n) is 16.0. The van der Waals surface area contributed by atoms with Crippen LogP contribution in [-0.2, 0) is 6.11 Å². The van der Waals surface area contributed by atoms with Gasteiger partial charge in [0.05, 0.1) is 5.56 Å². The average molecular weight is 440 g/mol. The normalized spacial score (nSPS) is 12.4. The van der Waals surface area contributed by atoms with Crippen LogP contribution in [0.1, 0.15) is 16.7 Å². The van der Waals surface area contributed by atoms with E-state index >= 15 is 0 Å². The van der Waals surface area contributed by atoms with E-state index in [2.05, 4.69) is 0 Å². The monoisotopic (exact) mass is 440 g/mol. The number of aryl methyl sites for hydroxylation is 1. The van der Waals surface area contributed by atoms with Crippen molar-refractivity contribution in [1.29, 1.82) is 0 Å². The molecule has 0 saturated heterocycles. The number of alkyl halides is 5. The van der Waals surface area contributed by atoms with Crippen LogP contribution in [0.5, 0.6) is 5.75 Å². The van der Waals surface area contributed by atoms with Crippen molar-refractivity contribution < 1.29 is 35.5 Å². The second-order valence-electron chi connectivity index (χ2n) is 6.74. The van der Waals surface area contributed by atoms with Crippen molar-refractivity contribution in [2.24, 2.45) is 0 Å². The van der Waals surface area contributed by atoms with E-state index in [9.17, 15) is 30.7 Å². The van der Waals surface area contributed by atoms with Crippen LogP contribution in [-0.4, -0.2) is 6.18 Å². The standard InChI is InChI=1S/C23H15F7O/c1-14-2-6-17(7-3-14)23(29,30)31-18-8-4-15(5-9-18)16-12-20(24)19(21(25)13-16)10-11-22(26,27)28/h2-13H,1H3/b11-10+. The summed E-state index contributed by atoms with van der Waals surface area (Å²) in [6.45, 7) is 1.76. The van der Waals surface area contributed by atoms with Crippen molar-refractivity contribution in [3.8, 4) is 16.9 Å². The van der Waals surface area contributed by atoms with Crippen molar-refractivity contribution in [3.63, 3.8) is 0 Å². The summed E-state index contributed by atoms with van der Waals surface area (Å²) in [5, 5.41) is 0. The molecular formula is C23H15F7O. The van der Waals surface area contributed by atoms with Crippen LogP contribution in [0, 0.1) is 18.6 Å². The molecule has 3 aromatic rings. The van der Waals surface area contributed by atoms with Gasteiger partial charge in [0.15, 0.2) is 0 Å². The molecule has 0 fully saturated rings. The lowest BCUT2D eigenvalue weighted by Gasteiger charge is -2.18. The molecule has 0 amide bonds. The molecule has 0 aliphatic heterocycles. The molecule has 162 valence electrons. The Balaban J connectivity index is 1.81. The number of halogens is 7. The van der Waals surface area contributed by atoms with Crippen molar-refractivity contribution in [2.75, 3.05) is 0 Å². The van der Waals surface area contributed by atoms with Crippen LogP contribution in [0.4, 0.5) is 30.7 Å². The zero-order chi connectivity index (χ0) is 22.8. The maximum absolute atomic E-state index is 14.3. The predicted octanol–water partition coefficient (Wildman–Crippen LogP) is 7.64. The highest BCUT2D eigenvalue weighted by molar-refractivity contribution is 5.67. The minimum Gasteiger partial charge on any atom is -0.429 e. The molecule has 3 aromatic carbocycles.